The Morgan fingerprint density at radius 1 is 0.741 bits per heavy atom. The van der Waals surface area contributed by atoms with Crippen LogP contribution in [0.15, 0.2) is 79.0 Å². The molecule has 27 heavy (non-hydrogen) atoms. The van der Waals surface area contributed by atoms with E-state index in [1.807, 2.05) is 54.6 Å². The van der Waals surface area contributed by atoms with Crippen LogP contribution in [0, 0.1) is 17.1 Å². The lowest BCUT2D eigenvalue weighted by atomic mass is 9.95. The lowest BCUT2D eigenvalue weighted by Crippen LogP contribution is -1.90. The van der Waals surface area contributed by atoms with E-state index in [-0.39, 0.29) is 5.82 Å². The maximum Gasteiger partial charge on any atom is 0.131 e. The largest absolute Gasteiger partial charge is 0.256 e. The standard InChI is InChI=1S/C24H13FN2/c25-23-7-3-6-19-20-10-11-27-24(22(20)9-8-21(19)23)16-12-15-4-1-2-5-18(15)17(13-16)14-26/h1-13H. The predicted molar refractivity (Wildman–Crippen MR) is 107 cm³/mol. The van der Waals surface area contributed by atoms with Gasteiger partial charge in [0.05, 0.1) is 17.3 Å². The van der Waals surface area contributed by atoms with Crippen LogP contribution in [0.2, 0.25) is 0 Å². The number of nitrogens with zero attached hydrogens (tertiary/aromatic N) is 2. The van der Waals surface area contributed by atoms with Gasteiger partial charge >= 0.3 is 0 Å². The van der Waals surface area contributed by atoms with Crippen LogP contribution in [0.25, 0.3) is 43.6 Å². The summed E-state index contributed by atoms with van der Waals surface area (Å²) in [5.41, 5.74) is 2.29. The second kappa shape index (κ2) is 5.89. The minimum Gasteiger partial charge on any atom is -0.256 e. The highest BCUT2D eigenvalue weighted by Gasteiger charge is 2.12. The van der Waals surface area contributed by atoms with Gasteiger partial charge in [0.15, 0.2) is 0 Å². The van der Waals surface area contributed by atoms with Gasteiger partial charge in [0, 0.05) is 22.5 Å². The third-order valence-corrected chi connectivity index (χ3v) is 5.01. The molecule has 0 aliphatic rings. The first-order valence-electron chi connectivity index (χ1n) is 8.65. The number of fused-ring (bicyclic) bond motifs is 4. The fourth-order valence-electron chi connectivity index (χ4n) is 3.75. The average molecular weight is 348 g/mol. The molecule has 3 heteroatoms. The van der Waals surface area contributed by atoms with Crippen molar-refractivity contribution in [2.24, 2.45) is 0 Å². The van der Waals surface area contributed by atoms with Crippen molar-refractivity contribution in [3.63, 3.8) is 0 Å². The fourth-order valence-corrected chi connectivity index (χ4v) is 3.75. The van der Waals surface area contributed by atoms with E-state index in [1.165, 1.54) is 6.07 Å². The van der Waals surface area contributed by atoms with E-state index < -0.39 is 0 Å². The summed E-state index contributed by atoms with van der Waals surface area (Å²) in [6.45, 7) is 0. The Hall–Kier alpha value is -3.77. The quantitative estimate of drug-likeness (QED) is 0.337. The van der Waals surface area contributed by atoms with Gasteiger partial charge in [-0.05, 0) is 45.8 Å². The van der Waals surface area contributed by atoms with Crippen LogP contribution in [0.3, 0.4) is 0 Å². The molecule has 4 aromatic carbocycles. The van der Waals surface area contributed by atoms with Crippen molar-refractivity contribution in [2.45, 2.75) is 0 Å². The lowest BCUT2D eigenvalue weighted by molar-refractivity contribution is 0.640. The van der Waals surface area contributed by atoms with E-state index in [1.54, 1.807) is 18.3 Å². The normalized spacial score (nSPS) is 11.1. The van der Waals surface area contributed by atoms with Gasteiger partial charge in [-0.3, -0.25) is 4.98 Å². The number of rotatable bonds is 1. The number of halogens is 1. The average Bonchev–Trinajstić information content (AvgIpc) is 2.72. The molecule has 5 aromatic rings. The first kappa shape index (κ1) is 15.5. The first-order chi connectivity index (χ1) is 13.3. The molecule has 0 atom stereocenters. The van der Waals surface area contributed by atoms with Gasteiger partial charge in [-0.25, -0.2) is 4.39 Å². The summed E-state index contributed by atoms with van der Waals surface area (Å²) in [7, 11) is 0. The van der Waals surface area contributed by atoms with Gasteiger partial charge in [0.1, 0.15) is 5.82 Å². The molecule has 0 fully saturated rings. The van der Waals surface area contributed by atoms with Crippen molar-refractivity contribution in [3.05, 3.63) is 90.4 Å². The maximum absolute atomic E-state index is 14.2. The molecule has 0 N–H and O–H groups in total. The van der Waals surface area contributed by atoms with Gasteiger partial charge in [-0.2, -0.15) is 5.26 Å². The van der Waals surface area contributed by atoms with Crippen LogP contribution in [0.5, 0.6) is 0 Å². The van der Waals surface area contributed by atoms with E-state index in [0.717, 1.165) is 38.2 Å². The summed E-state index contributed by atoms with van der Waals surface area (Å²) >= 11 is 0. The zero-order valence-electron chi connectivity index (χ0n) is 14.3. The molecule has 2 nitrogen and oxygen atoms in total. The molecule has 0 radical (unpaired) electrons. The molecule has 0 amide bonds. The monoisotopic (exact) mass is 348 g/mol. The van der Waals surface area contributed by atoms with Crippen molar-refractivity contribution in [1.29, 1.82) is 5.26 Å². The van der Waals surface area contributed by atoms with Gasteiger partial charge in [-0.1, -0.05) is 48.5 Å². The van der Waals surface area contributed by atoms with Crippen LogP contribution in [0.1, 0.15) is 5.56 Å². The maximum atomic E-state index is 14.2. The Balaban J connectivity index is 1.86. The third-order valence-electron chi connectivity index (χ3n) is 5.01. The molecule has 0 saturated carbocycles. The molecule has 0 saturated heterocycles. The molecule has 0 aliphatic heterocycles. The Morgan fingerprint density at radius 3 is 2.41 bits per heavy atom. The van der Waals surface area contributed by atoms with E-state index in [2.05, 4.69) is 11.1 Å². The second-order valence-corrected chi connectivity index (χ2v) is 6.51. The van der Waals surface area contributed by atoms with Crippen molar-refractivity contribution in [1.82, 2.24) is 4.98 Å². The number of benzene rings is 4. The van der Waals surface area contributed by atoms with Crippen LogP contribution < -0.4 is 0 Å². The zero-order valence-corrected chi connectivity index (χ0v) is 14.3. The molecule has 1 aromatic heterocycles. The first-order valence-corrected chi connectivity index (χ1v) is 8.65. The number of aromatic nitrogens is 1. The van der Waals surface area contributed by atoms with Crippen molar-refractivity contribution < 1.29 is 4.39 Å². The SMILES string of the molecule is N#Cc1cc(-c2nccc3c2ccc2c(F)cccc23)cc2ccccc12. The highest BCUT2D eigenvalue weighted by molar-refractivity contribution is 6.11. The van der Waals surface area contributed by atoms with Gasteiger partial charge in [-0.15, -0.1) is 0 Å². The van der Waals surface area contributed by atoms with E-state index in [9.17, 15) is 9.65 Å². The third kappa shape index (κ3) is 2.35. The minimum absolute atomic E-state index is 0.231. The summed E-state index contributed by atoms with van der Waals surface area (Å²) in [5.74, 6) is -0.231. The fraction of sp³-hybridized carbons (Fsp3) is 0. The molecule has 0 aliphatic carbocycles. The Bertz CT molecular complexity index is 1400. The number of hydrogen-bond acceptors (Lipinski definition) is 2. The summed E-state index contributed by atoms with van der Waals surface area (Å²) in [6.07, 6.45) is 1.74. The summed E-state index contributed by atoms with van der Waals surface area (Å²) < 4.78 is 14.2. The number of nitriles is 1. The van der Waals surface area contributed by atoms with Crippen molar-refractivity contribution in [3.8, 4) is 17.3 Å². The molecule has 126 valence electrons. The van der Waals surface area contributed by atoms with E-state index in [0.29, 0.717) is 10.9 Å². The minimum atomic E-state index is -0.231. The Labute approximate surface area is 155 Å². The predicted octanol–water partition coefficient (Wildman–Crippen LogP) is 6.22. The van der Waals surface area contributed by atoms with Gasteiger partial charge in [0.25, 0.3) is 0 Å². The molecular weight excluding hydrogens is 335 g/mol. The van der Waals surface area contributed by atoms with Crippen molar-refractivity contribution in [2.75, 3.05) is 0 Å². The van der Waals surface area contributed by atoms with Gasteiger partial charge in [0.2, 0.25) is 0 Å². The molecule has 0 unspecified atom stereocenters. The van der Waals surface area contributed by atoms with Crippen LogP contribution in [0.4, 0.5) is 4.39 Å². The number of hydrogen-bond donors (Lipinski definition) is 0. The lowest BCUT2D eigenvalue weighted by Gasteiger charge is -2.11. The van der Waals surface area contributed by atoms with Crippen LogP contribution in [-0.2, 0) is 0 Å². The van der Waals surface area contributed by atoms with Crippen molar-refractivity contribution >= 4 is 32.3 Å². The summed E-state index contributed by atoms with van der Waals surface area (Å²) in [5, 5.41) is 14.8. The smallest absolute Gasteiger partial charge is 0.131 e. The Morgan fingerprint density at radius 2 is 1.52 bits per heavy atom. The summed E-state index contributed by atoms with van der Waals surface area (Å²) in [6, 6.07) is 24.8. The van der Waals surface area contributed by atoms with E-state index >= 15 is 0 Å². The summed E-state index contributed by atoms with van der Waals surface area (Å²) in [4.78, 5) is 4.59. The van der Waals surface area contributed by atoms with Gasteiger partial charge < -0.3 is 0 Å². The second-order valence-electron chi connectivity index (χ2n) is 6.51. The van der Waals surface area contributed by atoms with Crippen LogP contribution >= 0.6 is 0 Å². The molecular formula is C24H13FN2. The number of pyridine rings is 1. The highest BCUT2D eigenvalue weighted by atomic mass is 19.1. The zero-order chi connectivity index (χ0) is 18.4. The molecule has 0 spiro atoms. The molecule has 1 heterocycles. The highest BCUT2D eigenvalue weighted by Crippen LogP contribution is 2.34. The van der Waals surface area contributed by atoms with Crippen LogP contribution in [-0.4, -0.2) is 4.98 Å². The topological polar surface area (TPSA) is 36.7 Å². The molecule has 0 bridgehead atoms. The molecule has 5 rings (SSSR count). The Kier molecular flexibility index (Phi) is 3.38. The van der Waals surface area contributed by atoms with E-state index in [4.69, 9.17) is 0 Å².